The summed E-state index contributed by atoms with van der Waals surface area (Å²) in [5.41, 5.74) is 0.729. The van der Waals surface area contributed by atoms with E-state index >= 15 is 0 Å². The minimum absolute atomic E-state index is 0.204. The van der Waals surface area contributed by atoms with Gasteiger partial charge in [-0.1, -0.05) is 30.3 Å². The summed E-state index contributed by atoms with van der Waals surface area (Å²) in [4.78, 5) is 30.2. The number of thioether (sulfide) groups is 1. The van der Waals surface area contributed by atoms with Crippen LogP contribution in [-0.4, -0.2) is 15.3 Å². The molecule has 1 amide bonds. The molecule has 0 bridgehead atoms. The molecule has 0 saturated carbocycles. The number of para-hydroxylation sites is 1. The fourth-order valence-corrected chi connectivity index (χ4v) is 4.20. The predicted octanol–water partition coefficient (Wildman–Crippen LogP) is 5.57. The molecule has 5 nitrogen and oxygen atoms in total. The molecule has 0 aliphatic rings. The third-order valence-corrected chi connectivity index (χ3v) is 5.96. The van der Waals surface area contributed by atoms with E-state index in [9.17, 15) is 22.8 Å². The summed E-state index contributed by atoms with van der Waals surface area (Å²) in [5.74, 6) is -0.514. The molecule has 1 N–H and O–H groups in total. The molecule has 0 fully saturated rings. The lowest BCUT2D eigenvalue weighted by atomic mass is 10.1. The van der Waals surface area contributed by atoms with E-state index in [1.54, 1.807) is 36.5 Å². The molecule has 0 unspecified atom stereocenters. The molecule has 2 heterocycles. The van der Waals surface area contributed by atoms with Gasteiger partial charge >= 0.3 is 6.18 Å². The van der Waals surface area contributed by atoms with Gasteiger partial charge < -0.3 is 5.32 Å². The summed E-state index contributed by atoms with van der Waals surface area (Å²) in [6.07, 6.45) is -2.93. The smallest absolute Gasteiger partial charge is 0.321 e. The second-order valence-corrected chi connectivity index (χ2v) is 8.32. The number of pyridine rings is 1. The summed E-state index contributed by atoms with van der Waals surface area (Å²) in [6.45, 7) is 1.88. The van der Waals surface area contributed by atoms with Gasteiger partial charge in [-0.15, -0.1) is 11.8 Å². The maximum Gasteiger partial charge on any atom is 0.417 e. The molecule has 0 aliphatic heterocycles. The zero-order chi connectivity index (χ0) is 23.6. The number of aromatic nitrogens is 2. The van der Waals surface area contributed by atoms with Crippen LogP contribution in [0.5, 0.6) is 0 Å². The van der Waals surface area contributed by atoms with Crippen molar-refractivity contribution in [3.63, 3.8) is 0 Å². The highest BCUT2D eigenvalue weighted by Gasteiger charge is 2.34. The monoisotopic (exact) mass is 469 g/mol. The summed E-state index contributed by atoms with van der Waals surface area (Å²) >= 11 is 1.32. The standard InChI is InChI=1S/C24H18F3N3O2S/c1-15-10-11-21-28-16(12-22(31)30(21)13-15)14-33-20-9-5-4-8-19(20)29-23(32)17-6-2-3-7-18(17)24(25,26)27/h2-13H,14H2,1H3,(H,29,32). The number of amides is 1. The van der Waals surface area contributed by atoms with E-state index in [2.05, 4.69) is 10.3 Å². The van der Waals surface area contributed by atoms with Crippen molar-refractivity contribution in [1.29, 1.82) is 0 Å². The lowest BCUT2D eigenvalue weighted by molar-refractivity contribution is -0.137. The first kappa shape index (κ1) is 22.6. The van der Waals surface area contributed by atoms with E-state index in [0.717, 1.165) is 17.7 Å². The van der Waals surface area contributed by atoms with Gasteiger partial charge in [-0.2, -0.15) is 13.2 Å². The Labute approximate surface area is 191 Å². The quantitative estimate of drug-likeness (QED) is 0.389. The van der Waals surface area contributed by atoms with Crippen molar-refractivity contribution in [1.82, 2.24) is 9.38 Å². The van der Waals surface area contributed by atoms with Crippen molar-refractivity contribution < 1.29 is 18.0 Å². The molecule has 0 spiro atoms. The fourth-order valence-electron chi connectivity index (χ4n) is 3.30. The van der Waals surface area contributed by atoms with Crippen LogP contribution >= 0.6 is 11.8 Å². The first-order chi connectivity index (χ1) is 15.7. The molecule has 2 aromatic heterocycles. The highest BCUT2D eigenvalue weighted by atomic mass is 32.2. The number of hydrogen-bond acceptors (Lipinski definition) is 4. The number of aryl methyl sites for hydroxylation is 1. The second-order valence-electron chi connectivity index (χ2n) is 7.30. The van der Waals surface area contributed by atoms with E-state index in [1.165, 1.54) is 34.4 Å². The average Bonchev–Trinajstić information content (AvgIpc) is 2.78. The average molecular weight is 469 g/mol. The van der Waals surface area contributed by atoms with Crippen LogP contribution in [0.3, 0.4) is 0 Å². The third-order valence-electron chi connectivity index (χ3n) is 4.85. The third kappa shape index (κ3) is 5.09. The normalized spacial score (nSPS) is 11.5. The van der Waals surface area contributed by atoms with Gasteiger partial charge in [-0.05, 0) is 42.8 Å². The highest BCUT2D eigenvalue weighted by Crippen LogP contribution is 2.33. The van der Waals surface area contributed by atoms with Crippen LogP contribution < -0.4 is 10.9 Å². The number of rotatable bonds is 5. The van der Waals surface area contributed by atoms with Crippen LogP contribution in [0.4, 0.5) is 18.9 Å². The number of carbonyl (C=O) groups is 1. The van der Waals surface area contributed by atoms with Gasteiger partial charge in [0, 0.05) is 22.9 Å². The van der Waals surface area contributed by atoms with Gasteiger partial charge in [0.05, 0.1) is 22.5 Å². The summed E-state index contributed by atoms with van der Waals surface area (Å²) in [5, 5.41) is 2.58. The zero-order valence-electron chi connectivity index (χ0n) is 17.4. The number of halogens is 3. The van der Waals surface area contributed by atoms with Crippen molar-refractivity contribution in [2.45, 2.75) is 23.7 Å². The molecule has 9 heteroatoms. The molecule has 168 valence electrons. The number of nitrogens with one attached hydrogen (secondary N) is 1. The Morgan fingerprint density at radius 3 is 2.58 bits per heavy atom. The van der Waals surface area contributed by atoms with E-state index in [-0.39, 0.29) is 5.56 Å². The van der Waals surface area contributed by atoms with Gasteiger partial charge in [0.15, 0.2) is 0 Å². The van der Waals surface area contributed by atoms with E-state index in [4.69, 9.17) is 0 Å². The minimum atomic E-state index is -4.64. The van der Waals surface area contributed by atoms with Crippen LogP contribution in [0, 0.1) is 6.92 Å². The SMILES string of the molecule is Cc1ccc2nc(CSc3ccccc3NC(=O)c3ccccc3C(F)(F)F)cc(=O)n2c1. The van der Waals surface area contributed by atoms with Gasteiger partial charge in [0.2, 0.25) is 0 Å². The Bertz CT molecular complexity index is 1400. The number of hydrogen-bond donors (Lipinski definition) is 1. The topological polar surface area (TPSA) is 63.5 Å². The number of anilines is 1. The van der Waals surface area contributed by atoms with E-state index < -0.39 is 23.2 Å². The molecular weight excluding hydrogens is 451 g/mol. The van der Waals surface area contributed by atoms with Crippen molar-refractivity contribution in [2.75, 3.05) is 5.32 Å². The maximum absolute atomic E-state index is 13.3. The predicted molar refractivity (Wildman–Crippen MR) is 122 cm³/mol. The molecule has 0 saturated heterocycles. The fraction of sp³-hybridized carbons (Fsp3) is 0.125. The van der Waals surface area contributed by atoms with Crippen molar-refractivity contribution in [3.05, 3.63) is 106 Å². The molecule has 4 aromatic rings. The second kappa shape index (κ2) is 9.11. The van der Waals surface area contributed by atoms with Crippen molar-refractivity contribution in [2.24, 2.45) is 0 Å². The molecule has 33 heavy (non-hydrogen) atoms. The zero-order valence-corrected chi connectivity index (χ0v) is 18.2. The Kier molecular flexibility index (Phi) is 6.24. The van der Waals surface area contributed by atoms with Crippen LogP contribution in [0.25, 0.3) is 5.65 Å². The van der Waals surface area contributed by atoms with Crippen LogP contribution in [-0.2, 0) is 11.9 Å². The summed E-state index contributed by atoms with van der Waals surface area (Å²) < 4.78 is 41.3. The maximum atomic E-state index is 13.3. The van der Waals surface area contributed by atoms with Crippen LogP contribution in [0.2, 0.25) is 0 Å². The number of benzene rings is 2. The first-order valence-electron chi connectivity index (χ1n) is 9.91. The number of nitrogens with zero attached hydrogens (tertiary/aromatic N) is 2. The molecular formula is C24H18F3N3O2S. The molecule has 0 atom stereocenters. The van der Waals surface area contributed by atoms with Crippen LogP contribution in [0.1, 0.15) is 27.2 Å². The highest BCUT2D eigenvalue weighted by molar-refractivity contribution is 7.98. The first-order valence-corrected chi connectivity index (χ1v) is 10.9. The molecule has 4 rings (SSSR count). The van der Waals surface area contributed by atoms with Gasteiger partial charge in [0.25, 0.3) is 11.5 Å². The Balaban J connectivity index is 1.56. The Hall–Kier alpha value is -3.59. The van der Waals surface area contributed by atoms with E-state index in [1.807, 2.05) is 13.0 Å². The number of fused-ring (bicyclic) bond motifs is 1. The minimum Gasteiger partial charge on any atom is -0.321 e. The Morgan fingerprint density at radius 2 is 1.79 bits per heavy atom. The van der Waals surface area contributed by atoms with E-state index in [0.29, 0.717) is 27.7 Å². The number of alkyl halides is 3. The van der Waals surface area contributed by atoms with Gasteiger partial charge in [0.1, 0.15) is 5.65 Å². The largest absolute Gasteiger partial charge is 0.417 e. The van der Waals surface area contributed by atoms with Crippen LogP contribution in [0.15, 0.2) is 82.6 Å². The lowest BCUT2D eigenvalue weighted by Gasteiger charge is -2.14. The Morgan fingerprint density at radius 1 is 1.06 bits per heavy atom. The molecule has 0 aliphatic carbocycles. The van der Waals surface area contributed by atoms with Crippen molar-refractivity contribution in [3.8, 4) is 0 Å². The summed E-state index contributed by atoms with van der Waals surface area (Å²) in [7, 11) is 0. The molecule has 0 radical (unpaired) electrons. The van der Waals surface area contributed by atoms with Gasteiger partial charge in [-0.3, -0.25) is 14.0 Å². The number of carbonyl (C=O) groups excluding carboxylic acids is 1. The summed E-state index contributed by atoms with van der Waals surface area (Å²) in [6, 6.07) is 16.5. The van der Waals surface area contributed by atoms with Crippen molar-refractivity contribution >= 4 is 29.0 Å². The van der Waals surface area contributed by atoms with Gasteiger partial charge in [-0.25, -0.2) is 4.98 Å². The molecule has 2 aromatic carbocycles. The lowest BCUT2D eigenvalue weighted by Crippen LogP contribution is -2.19.